The van der Waals surface area contributed by atoms with E-state index in [-0.39, 0.29) is 24.8 Å². The zero-order valence-corrected chi connectivity index (χ0v) is 14.2. The predicted molar refractivity (Wildman–Crippen MR) is 85.0 cm³/mol. The van der Waals surface area contributed by atoms with Gasteiger partial charge in [-0.25, -0.2) is 0 Å². The van der Waals surface area contributed by atoms with E-state index in [1.54, 1.807) is 22.8 Å². The summed E-state index contributed by atoms with van der Waals surface area (Å²) in [5.74, 6) is 1.08. The summed E-state index contributed by atoms with van der Waals surface area (Å²) < 4.78 is 3.47. The Morgan fingerprint density at radius 3 is 2.88 bits per heavy atom. The van der Waals surface area contributed by atoms with Crippen molar-refractivity contribution >= 4 is 23.4 Å². The van der Waals surface area contributed by atoms with Crippen LogP contribution in [0.3, 0.4) is 0 Å². The molecule has 1 atom stereocenters. The molecule has 0 saturated carbocycles. The Morgan fingerprint density at radius 2 is 2.21 bits per heavy atom. The molecule has 0 radical (unpaired) electrons. The molecular weight excluding hydrogens is 334 g/mol. The molecule has 2 amide bonds. The highest BCUT2D eigenvalue weighted by atomic mass is 35.5. The average molecular weight is 352 g/mol. The number of fused-ring (bicyclic) bond motifs is 1. The molecule has 0 bridgehead atoms. The van der Waals surface area contributed by atoms with E-state index in [1.807, 2.05) is 11.5 Å². The van der Waals surface area contributed by atoms with Crippen molar-refractivity contribution in [1.82, 2.24) is 34.8 Å². The number of carbonyl (C=O) groups is 2. The Hall–Kier alpha value is -2.42. The topological polar surface area (TPSA) is 97.9 Å². The fraction of sp³-hybridized carbons (Fsp3) is 0.500. The monoisotopic (exact) mass is 351 g/mol. The summed E-state index contributed by atoms with van der Waals surface area (Å²) >= 11 is 5.82. The van der Waals surface area contributed by atoms with Crippen LogP contribution in [0.5, 0.6) is 0 Å². The molecule has 2 aromatic rings. The lowest BCUT2D eigenvalue weighted by Gasteiger charge is -2.35. The summed E-state index contributed by atoms with van der Waals surface area (Å²) in [4.78, 5) is 26.4. The third-order valence-corrected chi connectivity index (χ3v) is 4.28. The largest absolute Gasteiger partial charge is 0.357 e. The normalized spacial score (nSPS) is 16.8. The van der Waals surface area contributed by atoms with Crippen LogP contribution in [0.15, 0.2) is 12.4 Å². The number of nitrogens with one attached hydrogen (secondary N) is 1. The van der Waals surface area contributed by atoms with E-state index in [2.05, 4.69) is 20.6 Å². The Kier molecular flexibility index (Phi) is 4.52. The minimum atomic E-state index is -0.578. The average Bonchev–Trinajstić information content (AvgIpc) is 3.16. The van der Waals surface area contributed by atoms with Crippen molar-refractivity contribution in [3.8, 4) is 0 Å². The number of aromatic nitrogens is 5. The van der Waals surface area contributed by atoms with Crippen LogP contribution in [0, 0.1) is 6.92 Å². The third-order valence-electron chi connectivity index (χ3n) is 4.08. The van der Waals surface area contributed by atoms with Gasteiger partial charge in [0.05, 0.1) is 24.3 Å². The standard InChI is InChI=1S/C14H18ClN7O2/c1-9-18-19-12-8-22(11(7-21(9)12)14(24)16-2)13(23)3-4-20-6-10(15)5-17-20/h5-6,11H,3-4,7-8H2,1-2H3,(H,16,24). The maximum absolute atomic E-state index is 12.6. The molecule has 3 heterocycles. The van der Waals surface area contributed by atoms with Crippen LogP contribution in [-0.2, 0) is 29.2 Å². The number of likely N-dealkylation sites (N-methyl/N-ethyl adjacent to an activating group) is 1. The molecule has 9 nitrogen and oxygen atoms in total. The lowest BCUT2D eigenvalue weighted by Crippen LogP contribution is -2.53. The van der Waals surface area contributed by atoms with Crippen molar-refractivity contribution in [1.29, 1.82) is 0 Å². The minimum absolute atomic E-state index is 0.137. The number of halogens is 1. The molecule has 1 N–H and O–H groups in total. The number of nitrogens with zero attached hydrogens (tertiary/aromatic N) is 6. The first kappa shape index (κ1) is 16.4. The maximum atomic E-state index is 12.6. The molecule has 128 valence electrons. The second kappa shape index (κ2) is 6.60. The van der Waals surface area contributed by atoms with Gasteiger partial charge in [-0.1, -0.05) is 11.6 Å². The maximum Gasteiger partial charge on any atom is 0.244 e. The van der Waals surface area contributed by atoms with Crippen LogP contribution < -0.4 is 5.32 Å². The third kappa shape index (κ3) is 3.12. The number of hydrogen-bond acceptors (Lipinski definition) is 5. The van der Waals surface area contributed by atoms with E-state index >= 15 is 0 Å². The zero-order valence-electron chi connectivity index (χ0n) is 13.4. The van der Waals surface area contributed by atoms with Gasteiger partial charge >= 0.3 is 0 Å². The van der Waals surface area contributed by atoms with Crippen molar-refractivity contribution < 1.29 is 9.59 Å². The zero-order chi connectivity index (χ0) is 17.3. The summed E-state index contributed by atoms with van der Waals surface area (Å²) in [6.07, 6.45) is 3.39. The van der Waals surface area contributed by atoms with E-state index in [0.717, 1.165) is 5.82 Å². The van der Waals surface area contributed by atoms with Gasteiger partial charge in [-0.15, -0.1) is 10.2 Å². The van der Waals surface area contributed by atoms with Crippen molar-refractivity contribution in [3.05, 3.63) is 29.1 Å². The van der Waals surface area contributed by atoms with E-state index in [0.29, 0.717) is 23.9 Å². The summed E-state index contributed by atoms with van der Waals surface area (Å²) in [5, 5.41) is 15.3. The first-order valence-corrected chi connectivity index (χ1v) is 7.95. The number of aryl methyl sites for hydroxylation is 2. The van der Waals surface area contributed by atoms with Crippen molar-refractivity contribution in [2.24, 2.45) is 0 Å². The van der Waals surface area contributed by atoms with Crippen molar-refractivity contribution in [3.63, 3.8) is 0 Å². The molecule has 0 aliphatic carbocycles. The number of hydrogen-bond donors (Lipinski definition) is 1. The van der Waals surface area contributed by atoms with Crippen LogP contribution in [0.1, 0.15) is 18.1 Å². The summed E-state index contributed by atoms with van der Waals surface area (Å²) in [7, 11) is 1.56. The van der Waals surface area contributed by atoms with Crippen LogP contribution >= 0.6 is 11.6 Å². The van der Waals surface area contributed by atoms with Gasteiger partial charge in [0.2, 0.25) is 11.8 Å². The molecule has 3 rings (SSSR count). The molecule has 1 aliphatic rings. The van der Waals surface area contributed by atoms with Gasteiger partial charge in [-0.3, -0.25) is 14.3 Å². The quantitative estimate of drug-likeness (QED) is 0.835. The molecule has 0 fully saturated rings. The highest BCUT2D eigenvalue weighted by Crippen LogP contribution is 2.19. The lowest BCUT2D eigenvalue weighted by molar-refractivity contribution is -0.143. The second-order valence-electron chi connectivity index (χ2n) is 5.60. The van der Waals surface area contributed by atoms with Crippen LogP contribution in [-0.4, -0.2) is 54.3 Å². The van der Waals surface area contributed by atoms with Gasteiger partial charge < -0.3 is 14.8 Å². The number of carbonyl (C=O) groups excluding carboxylic acids is 2. The van der Waals surface area contributed by atoms with Gasteiger partial charge in [-0.05, 0) is 6.92 Å². The van der Waals surface area contributed by atoms with Gasteiger partial charge in [0, 0.05) is 26.2 Å². The van der Waals surface area contributed by atoms with E-state index in [1.165, 1.54) is 6.20 Å². The lowest BCUT2D eigenvalue weighted by atomic mass is 10.1. The predicted octanol–water partition coefficient (Wildman–Crippen LogP) is -0.0165. The molecule has 0 spiro atoms. The van der Waals surface area contributed by atoms with Crippen LogP contribution in [0.2, 0.25) is 5.02 Å². The molecule has 10 heteroatoms. The fourth-order valence-electron chi connectivity index (χ4n) is 2.78. The SMILES string of the molecule is CNC(=O)C1Cn2c(C)nnc2CN1C(=O)CCn1cc(Cl)cn1. The van der Waals surface area contributed by atoms with E-state index in [4.69, 9.17) is 11.6 Å². The summed E-state index contributed by atoms with van der Waals surface area (Å²) in [6, 6.07) is -0.578. The van der Waals surface area contributed by atoms with Gasteiger partial charge in [0.15, 0.2) is 5.82 Å². The smallest absolute Gasteiger partial charge is 0.244 e. The number of rotatable bonds is 4. The van der Waals surface area contributed by atoms with Crippen molar-refractivity contribution in [2.75, 3.05) is 7.05 Å². The highest BCUT2D eigenvalue weighted by molar-refractivity contribution is 6.30. The molecule has 24 heavy (non-hydrogen) atoms. The van der Waals surface area contributed by atoms with E-state index in [9.17, 15) is 9.59 Å². The molecule has 0 saturated heterocycles. The Morgan fingerprint density at radius 1 is 1.42 bits per heavy atom. The number of amides is 2. The second-order valence-corrected chi connectivity index (χ2v) is 6.03. The van der Waals surface area contributed by atoms with E-state index < -0.39 is 6.04 Å². The van der Waals surface area contributed by atoms with Gasteiger partial charge in [0.1, 0.15) is 11.9 Å². The Bertz CT molecular complexity index is 769. The summed E-state index contributed by atoms with van der Waals surface area (Å²) in [6.45, 7) is 2.84. The summed E-state index contributed by atoms with van der Waals surface area (Å²) in [5.41, 5.74) is 0. The van der Waals surface area contributed by atoms with Crippen LogP contribution in [0.25, 0.3) is 0 Å². The minimum Gasteiger partial charge on any atom is -0.357 e. The molecule has 1 aliphatic heterocycles. The van der Waals surface area contributed by atoms with Gasteiger partial charge in [-0.2, -0.15) is 5.10 Å². The highest BCUT2D eigenvalue weighted by Gasteiger charge is 2.35. The molecule has 0 aromatic carbocycles. The van der Waals surface area contributed by atoms with Gasteiger partial charge in [0.25, 0.3) is 0 Å². The molecule has 2 aromatic heterocycles. The van der Waals surface area contributed by atoms with Crippen LogP contribution in [0.4, 0.5) is 0 Å². The Labute approximate surface area is 143 Å². The van der Waals surface area contributed by atoms with Crippen molar-refractivity contribution in [2.45, 2.75) is 39.0 Å². The Balaban J connectivity index is 1.75. The molecular formula is C14H18ClN7O2. The first-order chi connectivity index (χ1) is 11.5. The first-order valence-electron chi connectivity index (χ1n) is 7.57. The fourth-order valence-corrected chi connectivity index (χ4v) is 2.94. The molecule has 1 unspecified atom stereocenters.